The quantitative estimate of drug-likeness (QED) is 0.585. The fourth-order valence-electron chi connectivity index (χ4n) is 1.32. The number of hydrogen-bond acceptors (Lipinski definition) is 5. The molecule has 0 atom stereocenters. The fourth-order valence-corrected chi connectivity index (χ4v) is 1.46. The van der Waals surface area contributed by atoms with E-state index < -0.39 is 0 Å². The SMILES string of the molecule is Cc1n[nH]c(=S)nc1NCCCCN(C)C. The highest BCUT2D eigenvalue weighted by Gasteiger charge is 1.99. The molecule has 0 aromatic carbocycles. The molecule has 0 saturated heterocycles. The summed E-state index contributed by atoms with van der Waals surface area (Å²) in [5.74, 6) is 0.786. The second-order valence-corrected chi connectivity index (χ2v) is 4.40. The van der Waals surface area contributed by atoms with Crippen LogP contribution >= 0.6 is 12.2 Å². The normalized spacial score (nSPS) is 10.8. The van der Waals surface area contributed by atoms with Crippen LogP contribution in [0.15, 0.2) is 0 Å². The molecule has 1 heterocycles. The number of nitrogens with one attached hydrogen (secondary N) is 2. The summed E-state index contributed by atoms with van der Waals surface area (Å²) in [4.78, 5) is 6.37. The first-order valence-electron chi connectivity index (χ1n) is 5.41. The fraction of sp³-hybridized carbons (Fsp3) is 0.700. The molecule has 2 N–H and O–H groups in total. The Bertz CT molecular complexity index is 374. The van der Waals surface area contributed by atoms with E-state index in [4.69, 9.17) is 12.2 Å². The highest BCUT2D eigenvalue weighted by molar-refractivity contribution is 7.71. The van der Waals surface area contributed by atoms with Crippen molar-refractivity contribution in [1.29, 1.82) is 0 Å². The molecule has 5 nitrogen and oxygen atoms in total. The van der Waals surface area contributed by atoms with Crippen LogP contribution in [0.1, 0.15) is 18.5 Å². The number of anilines is 1. The van der Waals surface area contributed by atoms with Gasteiger partial charge in [-0.15, -0.1) is 0 Å². The van der Waals surface area contributed by atoms with Crippen LogP contribution in [0, 0.1) is 11.7 Å². The van der Waals surface area contributed by atoms with Gasteiger partial charge in [0.05, 0.1) is 5.69 Å². The molecule has 0 aliphatic carbocycles. The largest absolute Gasteiger partial charge is 0.368 e. The molecule has 0 saturated carbocycles. The molecule has 0 aliphatic rings. The van der Waals surface area contributed by atoms with Gasteiger partial charge in [-0.3, -0.25) is 5.10 Å². The topological polar surface area (TPSA) is 56.8 Å². The van der Waals surface area contributed by atoms with Crippen molar-refractivity contribution < 1.29 is 0 Å². The van der Waals surface area contributed by atoms with Crippen LogP contribution in [-0.4, -0.2) is 47.3 Å². The van der Waals surface area contributed by atoms with Crippen molar-refractivity contribution in [3.63, 3.8) is 0 Å². The molecule has 0 bridgehead atoms. The molecule has 16 heavy (non-hydrogen) atoms. The maximum atomic E-state index is 4.92. The Morgan fingerprint density at radius 3 is 2.81 bits per heavy atom. The van der Waals surface area contributed by atoms with Crippen LogP contribution in [0.3, 0.4) is 0 Å². The molecule has 1 aromatic rings. The molecule has 1 aromatic heterocycles. The number of unbranched alkanes of at least 4 members (excludes halogenated alkanes) is 1. The summed E-state index contributed by atoms with van der Waals surface area (Å²) in [7, 11) is 4.17. The van der Waals surface area contributed by atoms with Crippen molar-refractivity contribution in [3.8, 4) is 0 Å². The van der Waals surface area contributed by atoms with Gasteiger partial charge in [-0.05, 0) is 52.6 Å². The average Bonchev–Trinajstić information content (AvgIpc) is 2.22. The van der Waals surface area contributed by atoms with E-state index in [0.717, 1.165) is 31.0 Å². The van der Waals surface area contributed by atoms with E-state index in [1.807, 2.05) is 6.92 Å². The molecular weight excluding hydrogens is 222 g/mol. The van der Waals surface area contributed by atoms with Crippen molar-refractivity contribution >= 4 is 18.0 Å². The zero-order valence-corrected chi connectivity index (χ0v) is 10.9. The lowest BCUT2D eigenvalue weighted by atomic mass is 10.3. The van der Waals surface area contributed by atoms with Gasteiger partial charge in [-0.2, -0.15) is 10.1 Å². The van der Waals surface area contributed by atoms with Crippen molar-refractivity contribution in [1.82, 2.24) is 20.1 Å². The van der Waals surface area contributed by atoms with E-state index in [0.29, 0.717) is 4.77 Å². The number of aromatic nitrogens is 3. The van der Waals surface area contributed by atoms with Crippen molar-refractivity contribution in [2.24, 2.45) is 0 Å². The molecule has 0 unspecified atom stereocenters. The van der Waals surface area contributed by atoms with Gasteiger partial charge < -0.3 is 10.2 Å². The second kappa shape index (κ2) is 6.55. The van der Waals surface area contributed by atoms with Gasteiger partial charge in [0, 0.05) is 6.54 Å². The monoisotopic (exact) mass is 241 g/mol. The van der Waals surface area contributed by atoms with Gasteiger partial charge in [-0.1, -0.05) is 0 Å². The second-order valence-electron chi connectivity index (χ2n) is 4.01. The van der Waals surface area contributed by atoms with Crippen molar-refractivity contribution in [3.05, 3.63) is 10.5 Å². The van der Waals surface area contributed by atoms with Gasteiger partial charge in [-0.25, -0.2) is 0 Å². The Kier molecular flexibility index (Phi) is 5.34. The van der Waals surface area contributed by atoms with Crippen LogP contribution in [0.5, 0.6) is 0 Å². The molecule has 6 heteroatoms. The number of aryl methyl sites for hydroxylation is 1. The van der Waals surface area contributed by atoms with Gasteiger partial charge in [0.2, 0.25) is 4.77 Å². The minimum Gasteiger partial charge on any atom is -0.368 e. The number of H-pyrrole nitrogens is 1. The third-order valence-electron chi connectivity index (χ3n) is 2.20. The van der Waals surface area contributed by atoms with E-state index in [9.17, 15) is 0 Å². The minimum atomic E-state index is 0.418. The maximum Gasteiger partial charge on any atom is 0.215 e. The summed E-state index contributed by atoms with van der Waals surface area (Å²) in [5, 5.41) is 9.96. The first-order valence-corrected chi connectivity index (χ1v) is 5.82. The third-order valence-corrected chi connectivity index (χ3v) is 2.38. The molecule has 0 fully saturated rings. The van der Waals surface area contributed by atoms with Gasteiger partial charge in [0.1, 0.15) is 0 Å². The van der Waals surface area contributed by atoms with E-state index in [-0.39, 0.29) is 0 Å². The van der Waals surface area contributed by atoms with E-state index >= 15 is 0 Å². The number of aromatic amines is 1. The Morgan fingerprint density at radius 1 is 1.38 bits per heavy atom. The Balaban J connectivity index is 2.32. The Hall–Kier alpha value is -1.01. The zero-order chi connectivity index (χ0) is 12.0. The molecule has 1 rings (SSSR count). The lowest BCUT2D eigenvalue weighted by Crippen LogP contribution is -2.14. The average molecular weight is 241 g/mol. The molecule has 0 amide bonds. The molecular formula is C10H19N5S. The minimum absolute atomic E-state index is 0.418. The summed E-state index contributed by atoms with van der Waals surface area (Å²) in [6.07, 6.45) is 2.29. The van der Waals surface area contributed by atoms with Gasteiger partial charge in [0.25, 0.3) is 0 Å². The van der Waals surface area contributed by atoms with E-state index in [1.54, 1.807) is 0 Å². The standard InChI is InChI=1S/C10H19N5S/c1-8-9(12-10(16)14-13-8)11-6-4-5-7-15(2)3/h4-7H2,1-3H3,(H2,11,12,14,16). The van der Waals surface area contributed by atoms with E-state index in [1.165, 1.54) is 6.42 Å². The zero-order valence-electron chi connectivity index (χ0n) is 10.1. The lowest BCUT2D eigenvalue weighted by molar-refractivity contribution is 0.396. The Labute approximate surface area is 101 Å². The highest BCUT2D eigenvalue weighted by atomic mass is 32.1. The van der Waals surface area contributed by atoms with Crippen molar-refractivity contribution in [2.75, 3.05) is 32.5 Å². The van der Waals surface area contributed by atoms with E-state index in [2.05, 4.69) is 39.5 Å². The first kappa shape index (κ1) is 13.1. The first-order chi connectivity index (χ1) is 7.59. The summed E-state index contributed by atoms with van der Waals surface area (Å²) < 4.78 is 0.418. The van der Waals surface area contributed by atoms with Crippen LogP contribution in [0.2, 0.25) is 0 Å². The predicted octanol–water partition coefficient (Wildman–Crippen LogP) is 1.60. The van der Waals surface area contributed by atoms with Crippen LogP contribution in [0.4, 0.5) is 5.82 Å². The van der Waals surface area contributed by atoms with Crippen LogP contribution < -0.4 is 5.32 Å². The number of nitrogens with zero attached hydrogens (tertiary/aromatic N) is 3. The highest BCUT2D eigenvalue weighted by Crippen LogP contribution is 2.05. The third kappa shape index (κ3) is 4.67. The molecule has 0 aliphatic heterocycles. The number of hydrogen-bond donors (Lipinski definition) is 2. The summed E-state index contributed by atoms with van der Waals surface area (Å²) in [5.41, 5.74) is 0.848. The molecule has 90 valence electrons. The van der Waals surface area contributed by atoms with Gasteiger partial charge >= 0.3 is 0 Å². The number of rotatable bonds is 6. The van der Waals surface area contributed by atoms with Crippen molar-refractivity contribution in [2.45, 2.75) is 19.8 Å². The smallest absolute Gasteiger partial charge is 0.215 e. The molecule has 0 spiro atoms. The maximum absolute atomic E-state index is 4.92. The summed E-state index contributed by atoms with van der Waals surface area (Å²) in [6.45, 7) is 3.92. The van der Waals surface area contributed by atoms with Crippen LogP contribution in [0.25, 0.3) is 0 Å². The van der Waals surface area contributed by atoms with Crippen LogP contribution in [-0.2, 0) is 0 Å². The lowest BCUT2D eigenvalue weighted by Gasteiger charge is -2.10. The Morgan fingerprint density at radius 2 is 2.12 bits per heavy atom. The van der Waals surface area contributed by atoms with Gasteiger partial charge in [0.15, 0.2) is 5.82 Å². The molecule has 0 radical (unpaired) electrons. The summed E-state index contributed by atoms with van der Waals surface area (Å²) >= 11 is 4.92. The predicted molar refractivity (Wildman–Crippen MR) is 68.2 cm³/mol. The summed E-state index contributed by atoms with van der Waals surface area (Å²) in [6, 6.07) is 0.